The van der Waals surface area contributed by atoms with Gasteiger partial charge in [0.15, 0.2) is 23.3 Å². The second-order valence-corrected chi connectivity index (χ2v) is 7.92. The highest BCUT2D eigenvalue weighted by Crippen LogP contribution is 2.33. The average Bonchev–Trinajstić information content (AvgIpc) is 3.24. The lowest BCUT2D eigenvalue weighted by Gasteiger charge is -2.16. The number of carbonyl (C=O) groups excluding carboxylic acids is 2. The molecule has 3 rings (SSSR count). The van der Waals surface area contributed by atoms with E-state index in [1.165, 1.54) is 0 Å². The van der Waals surface area contributed by atoms with Gasteiger partial charge in [0, 0.05) is 17.4 Å². The van der Waals surface area contributed by atoms with Crippen LogP contribution in [0.2, 0.25) is 0 Å². The van der Waals surface area contributed by atoms with Crippen LogP contribution in [-0.2, 0) is 4.79 Å². The molecule has 3 amide bonds. The maximum atomic E-state index is 13.5. The molecule has 1 aromatic carbocycles. The Morgan fingerprint density at radius 2 is 1.72 bits per heavy atom. The average molecular weight is 436 g/mol. The van der Waals surface area contributed by atoms with Gasteiger partial charge in [0.2, 0.25) is 11.7 Å². The smallest absolute Gasteiger partial charge is 0.315 e. The maximum Gasteiger partial charge on any atom is 0.315 e. The molecule has 3 atom stereocenters. The van der Waals surface area contributed by atoms with E-state index in [2.05, 4.69) is 15.7 Å². The fraction of sp³-hybridized carbons (Fsp3) is 0.471. The molecule has 29 heavy (non-hydrogen) atoms. The van der Waals surface area contributed by atoms with Crippen molar-refractivity contribution in [2.45, 2.75) is 43.0 Å². The second kappa shape index (κ2) is 8.97. The molecule has 2 heterocycles. The van der Waals surface area contributed by atoms with E-state index in [0.717, 1.165) is 12.2 Å². The van der Waals surface area contributed by atoms with Gasteiger partial charge in [-0.05, 0) is 12.8 Å². The predicted molar refractivity (Wildman–Crippen MR) is 95.9 cm³/mol. The lowest BCUT2D eigenvalue weighted by molar-refractivity contribution is -0.121. The summed E-state index contributed by atoms with van der Waals surface area (Å²) in [6.45, 7) is 0. The van der Waals surface area contributed by atoms with Crippen LogP contribution in [0.5, 0.6) is 0 Å². The van der Waals surface area contributed by atoms with E-state index in [0.29, 0.717) is 19.1 Å². The van der Waals surface area contributed by atoms with Crippen LogP contribution in [0, 0.1) is 29.1 Å². The third-order valence-corrected chi connectivity index (χ3v) is 6.22. The number of halogens is 5. The summed E-state index contributed by atoms with van der Waals surface area (Å²) < 4.78 is 66.1. The number of benzene rings is 1. The van der Waals surface area contributed by atoms with E-state index in [9.17, 15) is 31.5 Å². The topological polar surface area (TPSA) is 82.6 Å². The minimum atomic E-state index is -2.26. The van der Waals surface area contributed by atoms with Crippen molar-refractivity contribution >= 4 is 29.9 Å². The third kappa shape index (κ3) is 4.62. The van der Waals surface area contributed by atoms with Crippen molar-refractivity contribution in [1.29, 1.82) is 0 Å². The fourth-order valence-electron chi connectivity index (χ4n) is 3.23. The van der Waals surface area contributed by atoms with E-state index in [4.69, 9.17) is 0 Å². The summed E-state index contributed by atoms with van der Waals surface area (Å²) in [6.07, 6.45) is 2.48. The number of urea groups is 1. The molecule has 6 nitrogen and oxygen atoms in total. The van der Waals surface area contributed by atoms with Crippen LogP contribution in [0.25, 0.3) is 0 Å². The van der Waals surface area contributed by atoms with Gasteiger partial charge in [0.05, 0.1) is 23.9 Å². The number of thioether (sulfide) groups is 1. The molecule has 2 fully saturated rings. The summed E-state index contributed by atoms with van der Waals surface area (Å²) in [6, 6.07) is 0.0283. The van der Waals surface area contributed by atoms with E-state index in [-0.39, 0.29) is 29.8 Å². The molecule has 2 aliphatic heterocycles. The first-order valence-corrected chi connectivity index (χ1v) is 9.86. The summed E-state index contributed by atoms with van der Waals surface area (Å²) in [5, 5.41) is 9.23. The van der Waals surface area contributed by atoms with Gasteiger partial charge in [-0.15, -0.1) is 0 Å². The van der Waals surface area contributed by atoms with Gasteiger partial charge >= 0.3 is 6.03 Å². The molecule has 2 aliphatic rings. The molecule has 0 aromatic heterocycles. The van der Waals surface area contributed by atoms with E-state index in [1.807, 2.05) is 5.43 Å². The molecule has 0 bridgehead atoms. The van der Waals surface area contributed by atoms with Gasteiger partial charge in [0.25, 0.3) is 0 Å². The van der Waals surface area contributed by atoms with Gasteiger partial charge in [-0.25, -0.2) is 32.2 Å². The van der Waals surface area contributed by atoms with Crippen molar-refractivity contribution < 1.29 is 31.5 Å². The molecule has 0 radical (unpaired) electrons. The standard InChI is InChI=1S/C17H17F5N4O2S/c18-11-7(12(19)14(21)15(22)13(11)20)5-23-26-10(27)4-2-1-3-9-16-8(6-29-9)24-17(28)25-16/h5,8-9,16H,1-4,6H2,(H,26,27)(H2,24,25,28)/b23-5-/t8-,9-,16-/m1/s1. The third-order valence-electron chi connectivity index (χ3n) is 4.71. The first-order chi connectivity index (χ1) is 13.8. The van der Waals surface area contributed by atoms with Crippen LogP contribution < -0.4 is 16.1 Å². The molecular weight excluding hydrogens is 419 g/mol. The quantitative estimate of drug-likeness (QED) is 0.117. The van der Waals surface area contributed by atoms with Crippen molar-refractivity contribution in [3.63, 3.8) is 0 Å². The summed E-state index contributed by atoms with van der Waals surface area (Å²) in [5.41, 5.74) is 0.762. The number of hydrazone groups is 1. The fourth-order valence-corrected chi connectivity index (χ4v) is 4.78. The normalized spacial score (nSPS) is 23.2. The van der Waals surface area contributed by atoms with Crippen molar-refractivity contribution in [2.75, 3.05) is 5.75 Å². The molecule has 12 heteroatoms. The van der Waals surface area contributed by atoms with Crippen LogP contribution in [0.1, 0.15) is 31.2 Å². The maximum absolute atomic E-state index is 13.5. The first-order valence-electron chi connectivity index (χ1n) is 8.81. The van der Waals surface area contributed by atoms with E-state index < -0.39 is 40.6 Å². The monoisotopic (exact) mass is 436 g/mol. The summed E-state index contributed by atoms with van der Waals surface area (Å²) in [5.74, 6) is -10.2. The number of rotatable bonds is 7. The Labute approximate surface area is 166 Å². The summed E-state index contributed by atoms with van der Waals surface area (Å²) >= 11 is 1.75. The molecule has 158 valence electrons. The van der Waals surface area contributed by atoms with Crippen LogP contribution in [-0.4, -0.2) is 41.2 Å². The molecule has 0 aliphatic carbocycles. The number of unbranched alkanes of at least 4 members (excludes halogenated alkanes) is 1. The summed E-state index contributed by atoms with van der Waals surface area (Å²) in [7, 11) is 0. The van der Waals surface area contributed by atoms with Crippen molar-refractivity contribution in [2.24, 2.45) is 5.10 Å². The first kappa shape index (κ1) is 21.3. The number of fused-ring (bicyclic) bond motifs is 1. The highest BCUT2D eigenvalue weighted by Gasteiger charge is 2.42. The highest BCUT2D eigenvalue weighted by atomic mass is 32.2. The predicted octanol–water partition coefficient (Wildman–Crippen LogP) is 2.56. The van der Waals surface area contributed by atoms with Gasteiger partial charge in [-0.2, -0.15) is 16.9 Å². The zero-order valence-electron chi connectivity index (χ0n) is 14.9. The number of hydrogen-bond acceptors (Lipinski definition) is 4. The molecule has 0 unspecified atom stereocenters. The Bertz CT molecular complexity index is 825. The number of carbonyl (C=O) groups is 2. The Morgan fingerprint density at radius 1 is 1.07 bits per heavy atom. The van der Waals surface area contributed by atoms with E-state index >= 15 is 0 Å². The van der Waals surface area contributed by atoms with Crippen molar-refractivity contribution in [1.82, 2.24) is 16.1 Å². The van der Waals surface area contributed by atoms with Crippen LogP contribution in [0.3, 0.4) is 0 Å². The molecule has 2 saturated heterocycles. The zero-order chi connectivity index (χ0) is 21.1. The lowest BCUT2D eigenvalue weighted by Crippen LogP contribution is -2.36. The van der Waals surface area contributed by atoms with Crippen molar-refractivity contribution in [3.8, 4) is 0 Å². The number of nitrogens with one attached hydrogen (secondary N) is 3. The Balaban J connectivity index is 1.42. The number of amides is 3. The Morgan fingerprint density at radius 3 is 2.41 bits per heavy atom. The molecular formula is C17H17F5N4O2S. The van der Waals surface area contributed by atoms with E-state index in [1.54, 1.807) is 11.8 Å². The lowest BCUT2D eigenvalue weighted by atomic mass is 10.0. The molecule has 0 saturated carbocycles. The minimum Gasteiger partial charge on any atom is -0.332 e. The largest absolute Gasteiger partial charge is 0.332 e. The molecule has 1 aromatic rings. The van der Waals surface area contributed by atoms with Crippen LogP contribution in [0.4, 0.5) is 26.7 Å². The van der Waals surface area contributed by atoms with Gasteiger partial charge in [-0.1, -0.05) is 6.42 Å². The Kier molecular flexibility index (Phi) is 6.60. The minimum absolute atomic E-state index is 0.0739. The summed E-state index contributed by atoms with van der Waals surface area (Å²) in [4.78, 5) is 23.0. The van der Waals surface area contributed by atoms with Gasteiger partial charge in [-0.3, -0.25) is 4.79 Å². The number of hydrogen-bond donors (Lipinski definition) is 3. The van der Waals surface area contributed by atoms with Crippen LogP contribution in [0.15, 0.2) is 5.10 Å². The van der Waals surface area contributed by atoms with Crippen molar-refractivity contribution in [3.05, 3.63) is 34.6 Å². The number of nitrogens with zero attached hydrogens (tertiary/aromatic N) is 1. The van der Waals surface area contributed by atoms with Gasteiger partial charge < -0.3 is 10.6 Å². The molecule has 0 spiro atoms. The van der Waals surface area contributed by atoms with Gasteiger partial charge in [0.1, 0.15) is 0 Å². The SMILES string of the molecule is O=C(CCCC[C@H]1SC[C@H]2NC(=O)N[C@H]21)N/N=C\c1c(F)c(F)c(F)c(F)c1F. The highest BCUT2D eigenvalue weighted by molar-refractivity contribution is 8.00. The second-order valence-electron chi connectivity index (χ2n) is 6.64. The Hall–Kier alpha value is -2.37. The zero-order valence-corrected chi connectivity index (χ0v) is 15.7. The van der Waals surface area contributed by atoms with Crippen LogP contribution >= 0.6 is 11.8 Å². The molecule has 3 N–H and O–H groups in total.